The molecule has 0 aliphatic carbocycles. The highest BCUT2D eigenvalue weighted by molar-refractivity contribution is 5.48. The Labute approximate surface area is 95.0 Å². The van der Waals surface area contributed by atoms with Crippen LogP contribution in [0, 0.1) is 10.8 Å². The van der Waals surface area contributed by atoms with Crippen molar-refractivity contribution in [2.45, 2.75) is 60.3 Å². The van der Waals surface area contributed by atoms with E-state index in [2.05, 4.69) is 46.8 Å². The van der Waals surface area contributed by atoms with Gasteiger partial charge in [-0.15, -0.1) is 0 Å². The van der Waals surface area contributed by atoms with Gasteiger partial charge in [0.15, 0.2) is 0 Å². The predicted molar refractivity (Wildman–Crippen MR) is 66.9 cm³/mol. The molecule has 0 bridgehead atoms. The summed E-state index contributed by atoms with van der Waals surface area (Å²) in [5.74, 6) is 0. The molecule has 0 saturated carbocycles. The summed E-state index contributed by atoms with van der Waals surface area (Å²) >= 11 is 0. The number of carbonyl (C=O) groups is 1. The van der Waals surface area contributed by atoms with E-state index in [1.807, 2.05) is 0 Å². The van der Waals surface area contributed by atoms with E-state index in [-0.39, 0.29) is 10.8 Å². The number of hydrogen-bond acceptors (Lipinski definition) is 1. The summed E-state index contributed by atoms with van der Waals surface area (Å²) in [6, 6.07) is 0. The van der Waals surface area contributed by atoms with E-state index in [1.54, 1.807) is 0 Å². The van der Waals surface area contributed by atoms with Gasteiger partial charge in [-0.25, -0.2) is 0 Å². The largest absolute Gasteiger partial charge is 0.303 e. The summed E-state index contributed by atoms with van der Waals surface area (Å²) in [5, 5.41) is 0. The summed E-state index contributed by atoms with van der Waals surface area (Å²) < 4.78 is 0. The summed E-state index contributed by atoms with van der Waals surface area (Å²) in [6.07, 6.45) is 9.58. The molecule has 0 aromatic heterocycles. The molecule has 0 N–H and O–H groups in total. The Balaban J connectivity index is 4.30. The summed E-state index contributed by atoms with van der Waals surface area (Å²) in [7, 11) is 0. The molecule has 15 heavy (non-hydrogen) atoms. The van der Waals surface area contributed by atoms with E-state index in [9.17, 15) is 4.79 Å². The molecule has 0 aromatic rings. The quantitative estimate of drug-likeness (QED) is 0.361. The maximum atomic E-state index is 10.3. The van der Waals surface area contributed by atoms with Crippen molar-refractivity contribution < 1.29 is 4.79 Å². The Morgan fingerprint density at radius 3 is 2.07 bits per heavy atom. The molecule has 1 nitrogen and oxygen atoms in total. The lowest BCUT2D eigenvalue weighted by Crippen LogP contribution is -2.13. The average molecular weight is 210 g/mol. The van der Waals surface area contributed by atoms with E-state index >= 15 is 0 Å². The van der Waals surface area contributed by atoms with Crippen LogP contribution < -0.4 is 0 Å². The van der Waals surface area contributed by atoms with Gasteiger partial charge >= 0.3 is 0 Å². The summed E-state index contributed by atoms with van der Waals surface area (Å²) in [5.41, 5.74) is 0.511. The normalized spacial score (nSPS) is 16.6. The van der Waals surface area contributed by atoms with Crippen molar-refractivity contribution >= 4 is 6.29 Å². The molecule has 88 valence electrons. The standard InChI is InChI=1S/C14H26O/c1-6-14(5,9-7-8-12-15)11-10-13(2,3)4/h10-12H,6-9H2,1-5H3/b11-10+/t14-/m1/s1. The second kappa shape index (κ2) is 6.09. The Bertz CT molecular complexity index is 210. The second-order valence-electron chi connectivity index (χ2n) is 5.77. The molecule has 1 atom stereocenters. The highest BCUT2D eigenvalue weighted by atomic mass is 16.1. The van der Waals surface area contributed by atoms with E-state index in [0.717, 1.165) is 25.5 Å². The number of hydrogen-bond donors (Lipinski definition) is 0. The minimum absolute atomic E-state index is 0.251. The van der Waals surface area contributed by atoms with E-state index in [0.29, 0.717) is 6.42 Å². The maximum absolute atomic E-state index is 10.3. The van der Waals surface area contributed by atoms with Crippen LogP contribution in [0.1, 0.15) is 60.3 Å². The SMILES string of the molecule is CC[C@@](C)(/C=C/C(C)(C)C)CCCC=O. The fourth-order valence-corrected chi connectivity index (χ4v) is 1.42. The van der Waals surface area contributed by atoms with Crippen molar-refractivity contribution in [3.05, 3.63) is 12.2 Å². The third kappa shape index (κ3) is 7.35. The van der Waals surface area contributed by atoms with Crippen LogP contribution in [0.3, 0.4) is 0 Å². The minimum atomic E-state index is 0.251. The molecular formula is C14H26O. The zero-order valence-electron chi connectivity index (χ0n) is 11.0. The van der Waals surface area contributed by atoms with E-state index < -0.39 is 0 Å². The zero-order valence-corrected chi connectivity index (χ0v) is 11.0. The van der Waals surface area contributed by atoms with Gasteiger partial charge in [-0.1, -0.05) is 46.8 Å². The molecule has 0 aliphatic rings. The number of carbonyl (C=O) groups excluding carboxylic acids is 1. The minimum Gasteiger partial charge on any atom is -0.303 e. The first-order valence-electron chi connectivity index (χ1n) is 5.97. The van der Waals surface area contributed by atoms with Crippen molar-refractivity contribution in [1.29, 1.82) is 0 Å². The molecule has 0 fully saturated rings. The van der Waals surface area contributed by atoms with Crippen molar-refractivity contribution in [3.8, 4) is 0 Å². The third-order valence-corrected chi connectivity index (χ3v) is 2.86. The Kier molecular flexibility index (Phi) is 5.85. The van der Waals surface area contributed by atoms with Crippen molar-refractivity contribution in [2.75, 3.05) is 0 Å². The van der Waals surface area contributed by atoms with E-state index in [1.165, 1.54) is 0 Å². The van der Waals surface area contributed by atoms with Crippen LogP contribution in [-0.4, -0.2) is 6.29 Å². The van der Waals surface area contributed by atoms with Crippen molar-refractivity contribution in [1.82, 2.24) is 0 Å². The highest BCUT2D eigenvalue weighted by Crippen LogP contribution is 2.31. The van der Waals surface area contributed by atoms with Crippen molar-refractivity contribution in [3.63, 3.8) is 0 Å². The summed E-state index contributed by atoms with van der Waals surface area (Å²) in [6.45, 7) is 11.1. The predicted octanol–water partition coefficient (Wildman–Crippen LogP) is 4.37. The van der Waals surface area contributed by atoms with Gasteiger partial charge in [0, 0.05) is 6.42 Å². The molecule has 0 saturated heterocycles. The van der Waals surface area contributed by atoms with Crippen LogP contribution in [0.4, 0.5) is 0 Å². The molecule has 0 radical (unpaired) electrons. The Morgan fingerprint density at radius 2 is 1.67 bits per heavy atom. The van der Waals surface area contributed by atoms with Gasteiger partial charge in [0.2, 0.25) is 0 Å². The van der Waals surface area contributed by atoms with Gasteiger partial charge in [-0.05, 0) is 30.1 Å². The maximum Gasteiger partial charge on any atom is 0.119 e. The zero-order chi connectivity index (χ0) is 11.9. The molecule has 1 heteroatoms. The molecule has 0 aromatic carbocycles. The van der Waals surface area contributed by atoms with Crippen LogP contribution in [0.25, 0.3) is 0 Å². The fraction of sp³-hybridized carbons (Fsp3) is 0.786. The van der Waals surface area contributed by atoms with Crippen LogP contribution in [0.5, 0.6) is 0 Å². The lowest BCUT2D eigenvalue weighted by Gasteiger charge is -2.25. The third-order valence-electron chi connectivity index (χ3n) is 2.86. The number of allylic oxidation sites excluding steroid dienone is 2. The van der Waals surface area contributed by atoms with Crippen LogP contribution in [0.15, 0.2) is 12.2 Å². The first-order valence-corrected chi connectivity index (χ1v) is 5.97. The number of unbranched alkanes of at least 4 members (excludes halogenated alkanes) is 1. The lowest BCUT2D eigenvalue weighted by atomic mass is 9.80. The van der Waals surface area contributed by atoms with Crippen LogP contribution in [0.2, 0.25) is 0 Å². The fourth-order valence-electron chi connectivity index (χ4n) is 1.42. The van der Waals surface area contributed by atoms with E-state index in [4.69, 9.17) is 0 Å². The molecule has 0 unspecified atom stereocenters. The first kappa shape index (κ1) is 14.4. The van der Waals surface area contributed by atoms with Crippen LogP contribution >= 0.6 is 0 Å². The molecule has 0 amide bonds. The monoisotopic (exact) mass is 210 g/mol. The van der Waals surface area contributed by atoms with Gasteiger partial charge in [-0.3, -0.25) is 0 Å². The second-order valence-corrected chi connectivity index (χ2v) is 5.77. The summed E-state index contributed by atoms with van der Waals surface area (Å²) in [4.78, 5) is 10.3. The van der Waals surface area contributed by atoms with Gasteiger partial charge < -0.3 is 4.79 Å². The van der Waals surface area contributed by atoms with Gasteiger partial charge in [0.25, 0.3) is 0 Å². The highest BCUT2D eigenvalue weighted by Gasteiger charge is 2.18. The molecule has 0 heterocycles. The average Bonchev–Trinajstić information content (AvgIpc) is 2.14. The van der Waals surface area contributed by atoms with Crippen molar-refractivity contribution in [2.24, 2.45) is 10.8 Å². The molecular weight excluding hydrogens is 184 g/mol. The lowest BCUT2D eigenvalue weighted by molar-refractivity contribution is -0.108. The van der Waals surface area contributed by atoms with Crippen LogP contribution in [-0.2, 0) is 4.79 Å². The smallest absolute Gasteiger partial charge is 0.119 e. The topological polar surface area (TPSA) is 17.1 Å². The molecule has 0 spiro atoms. The van der Waals surface area contributed by atoms with Gasteiger partial charge in [-0.2, -0.15) is 0 Å². The number of rotatable bonds is 6. The molecule has 0 aliphatic heterocycles. The Hall–Kier alpha value is -0.590. The first-order chi connectivity index (χ1) is 6.83. The van der Waals surface area contributed by atoms with Gasteiger partial charge in [0.05, 0.1) is 0 Å². The Morgan fingerprint density at radius 1 is 1.07 bits per heavy atom. The van der Waals surface area contributed by atoms with Gasteiger partial charge in [0.1, 0.15) is 6.29 Å². The molecule has 0 rings (SSSR count). The number of aldehydes is 1.